The van der Waals surface area contributed by atoms with E-state index in [1.807, 2.05) is 12.1 Å². The standard InChI is InChI=1S/C21H24N2O6/c22-13-7-12-18(19(24)25)23(20(26)28-14-16-8-3-1-4-9-16)21(27)29-15-17-10-5-2-6-11-17/h1-6,8-11,18H,7,12-15,22H2,(H,24,25)/t18-/m0/s1. The van der Waals surface area contributed by atoms with Crippen molar-refractivity contribution in [2.24, 2.45) is 5.73 Å². The number of carbonyl (C=O) groups excluding carboxylic acids is 2. The number of ether oxygens (including phenoxy) is 2. The third-order valence-electron chi connectivity index (χ3n) is 4.08. The summed E-state index contributed by atoms with van der Waals surface area (Å²) in [4.78, 5) is 37.4. The Morgan fingerprint density at radius 3 is 1.69 bits per heavy atom. The number of imide groups is 1. The molecule has 8 nitrogen and oxygen atoms in total. The third-order valence-corrected chi connectivity index (χ3v) is 4.08. The molecule has 154 valence electrons. The number of benzene rings is 2. The Labute approximate surface area is 168 Å². The fourth-order valence-electron chi connectivity index (χ4n) is 2.58. The van der Waals surface area contributed by atoms with Crippen LogP contribution in [0.1, 0.15) is 24.0 Å². The molecule has 29 heavy (non-hydrogen) atoms. The van der Waals surface area contributed by atoms with Gasteiger partial charge in [-0.3, -0.25) is 0 Å². The van der Waals surface area contributed by atoms with Gasteiger partial charge >= 0.3 is 18.2 Å². The first-order valence-electron chi connectivity index (χ1n) is 9.16. The van der Waals surface area contributed by atoms with Crippen molar-refractivity contribution in [3.05, 3.63) is 71.8 Å². The van der Waals surface area contributed by atoms with E-state index in [0.717, 1.165) is 0 Å². The number of nitrogens with two attached hydrogens (primary N) is 1. The van der Waals surface area contributed by atoms with Crippen LogP contribution in [0, 0.1) is 0 Å². The molecule has 0 unspecified atom stereocenters. The lowest BCUT2D eigenvalue weighted by molar-refractivity contribution is -0.142. The van der Waals surface area contributed by atoms with Crippen LogP contribution in [0.25, 0.3) is 0 Å². The summed E-state index contributed by atoms with van der Waals surface area (Å²) in [5.74, 6) is -1.34. The molecule has 0 radical (unpaired) electrons. The zero-order chi connectivity index (χ0) is 21.1. The van der Waals surface area contributed by atoms with E-state index < -0.39 is 24.2 Å². The Hall–Kier alpha value is -3.39. The first kappa shape index (κ1) is 21.9. The first-order valence-corrected chi connectivity index (χ1v) is 9.16. The highest BCUT2D eigenvalue weighted by atomic mass is 16.6. The van der Waals surface area contributed by atoms with Crippen LogP contribution in [0.3, 0.4) is 0 Å². The van der Waals surface area contributed by atoms with E-state index in [1.165, 1.54) is 0 Å². The quantitative estimate of drug-likeness (QED) is 0.663. The van der Waals surface area contributed by atoms with Gasteiger partial charge in [0.25, 0.3) is 0 Å². The molecule has 0 saturated carbocycles. The number of hydrogen-bond donors (Lipinski definition) is 2. The van der Waals surface area contributed by atoms with Crippen LogP contribution in [0.4, 0.5) is 9.59 Å². The Morgan fingerprint density at radius 1 is 0.862 bits per heavy atom. The van der Waals surface area contributed by atoms with Crippen molar-refractivity contribution in [1.29, 1.82) is 0 Å². The fraction of sp³-hybridized carbons (Fsp3) is 0.286. The van der Waals surface area contributed by atoms with Gasteiger partial charge in [-0.25, -0.2) is 14.4 Å². The smallest absolute Gasteiger partial charge is 0.420 e. The van der Waals surface area contributed by atoms with Crippen molar-refractivity contribution in [3.63, 3.8) is 0 Å². The maximum Gasteiger partial charge on any atom is 0.420 e. The molecule has 8 heteroatoms. The number of hydrogen-bond acceptors (Lipinski definition) is 6. The fourth-order valence-corrected chi connectivity index (χ4v) is 2.58. The van der Waals surface area contributed by atoms with Crippen molar-refractivity contribution in [1.82, 2.24) is 4.90 Å². The van der Waals surface area contributed by atoms with Crippen LogP contribution in [-0.4, -0.2) is 40.7 Å². The van der Waals surface area contributed by atoms with Gasteiger partial charge in [0.15, 0.2) is 0 Å². The summed E-state index contributed by atoms with van der Waals surface area (Å²) in [5, 5.41) is 9.54. The van der Waals surface area contributed by atoms with Gasteiger partial charge < -0.3 is 20.3 Å². The third kappa shape index (κ3) is 6.93. The SMILES string of the molecule is NCCC[C@@H](C(=O)O)N(C(=O)OCc1ccccc1)C(=O)OCc1ccccc1. The predicted octanol–water partition coefficient (Wildman–Crippen LogP) is 3.15. The lowest BCUT2D eigenvalue weighted by Crippen LogP contribution is -2.49. The van der Waals surface area contributed by atoms with Gasteiger partial charge in [-0.15, -0.1) is 0 Å². The van der Waals surface area contributed by atoms with Crippen molar-refractivity contribution in [3.8, 4) is 0 Å². The Kier molecular flexibility index (Phi) is 8.65. The average Bonchev–Trinajstić information content (AvgIpc) is 2.74. The molecule has 0 saturated heterocycles. The molecular formula is C21H24N2O6. The van der Waals surface area contributed by atoms with Crippen molar-refractivity contribution in [2.45, 2.75) is 32.1 Å². The van der Waals surface area contributed by atoms with E-state index in [4.69, 9.17) is 15.2 Å². The molecule has 3 N–H and O–H groups in total. The summed E-state index contributed by atoms with van der Waals surface area (Å²) in [5.41, 5.74) is 6.86. The number of rotatable bonds is 9. The number of carboxylic acid groups (broad SMARTS) is 1. The molecule has 0 aliphatic heterocycles. The molecule has 0 bridgehead atoms. The lowest BCUT2D eigenvalue weighted by Gasteiger charge is -2.25. The van der Waals surface area contributed by atoms with Crippen molar-refractivity contribution >= 4 is 18.2 Å². The topological polar surface area (TPSA) is 119 Å². The Bertz CT molecular complexity index is 742. The Balaban J connectivity index is 2.12. The first-order chi connectivity index (χ1) is 14.0. The van der Waals surface area contributed by atoms with E-state index in [-0.39, 0.29) is 26.2 Å². The molecule has 0 fully saturated rings. The molecule has 2 aromatic carbocycles. The normalized spacial score (nSPS) is 11.3. The number of carboxylic acids is 1. The van der Waals surface area contributed by atoms with Gasteiger partial charge in [0.05, 0.1) is 0 Å². The summed E-state index contributed by atoms with van der Waals surface area (Å²) in [6.45, 7) is 0.00643. The van der Waals surface area contributed by atoms with Crippen LogP contribution in [0.2, 0.25) is 0 Å². The van der Waals surface area contributed by atoms with E-state index >= 15 is 0 Å². The molecule has 0 aliphatic carbocycles. The van der Waals surface area contributed by atoms with Crippen molar-refractivity contribution in [2.75, 3.05) is 6.54 Å². The van der Waals surface area contributed by atoms with Gasteiger partial charge in [0, 0.05) is 0 Å². The number of carbonyl (C=O) groups is 3. The maximum atomic E-state index is 12.6. The predicted molar refractivity (Wildman–Crippen MR) is 105 cm³/mol. The molecule has 0 aliphatic rings. The van der Waals surface area contributed by atoms with E-state index in [9.17, 15) is 19.5 Å². The minimum Gasteiger partial charge on any atom is -0.480 e. The van der Waals surface area contributed by atoms with Gasteiger partial charge in [-0.05, 0) is 30.5 Å². The summed E-state index contributed by atoms with van der Waals surface area (Å²) in [7, 11) is 0. The minimum absolute atomic E-state index is 0.00723. The van der Waals surface area contributed by atoms with Crippen molar-refractivity contribution < 1.29 is 29.0 Å². The monoisotopic (exact) mass is 400 g/mol. The molecule has 0 spiro atoms. The van der Waals surface area contributed by atoms with E-state index in [2.05, 4.69) is 0 Å². The Morgan fingerprint density at radius 2 is 1.31 bits per heavy atom. The highest BCUT2D eigenvalue weighted by Gasteiger charge is 2.37. The summed E-state index contributed by atoms with van der Waals surface area (Å²) >= 11 is 0. The zero-order valence-electron chi connectivity index (χ0n) is 15.9. The molecule has 2 amide bonds. The van der Waals surface area contributed by atoms with Gasteiger partial charge in [-0.2, -0.15) is 4.90 Å². The van der Waals surface area contributed by atoms with Crippen LogP contribution in [0.5, 0.6) is 0 Å². The van der Waals surface area contributed by atoms with Crippen LogP contribution in [-0.2, 0) is 27.5 Å². The second-order valence-electron chi connectivity index (χ2n) is 6.24. The molecule has 2 rings (SSSR count). The van der Waals surface area contributed by atoms with Gasteiger partial charge in [-0.1, -0.05) is 60.7 Å². The zero-order valence-corrected chi connectivity index (χ0v) is 15.9. The second-order valence-corrected chi connectivity index (χ2v) is 6.24. The minimum atomic E-state index is -1.44. The number of amides is 2. The second kappa shape index (κ2) is 11.5. The van der Waals surface area contributed by atoms with Gasteiger partial charge in [0.1, 0.15) is 19.3 Å². The summed E-state index contributed by atoms with van der Waals surface area (Å²) in [6.07, 6.45) is -1.87. The molecule has 2 aromatic rings. The molecule has 1 atom stereocenters. The van der Waals surface area contributed by atoms with E-state index in [1.54, 1.807) is 48.5 Å². The summed E-state index contributed by atoms with van der Waals surface area (Å²) in [6, 6.07) is 16.3. The number of aliphatic carboxylic acids is 1. The van der Waals surface area contributed by atoms with E-state index in [0.29, 0.717) is 22.4 Å². The molecule has 0 heterocycles. The lowest BCUT2D eigenvalue weighted by atomic mass is 10.1. The van der Waals surface area contributed by atoms with Crippen LogP contribution >= 0.6 is 0 Å². The van der Waals surface area contributed by atoms with Gasteiger partial charge in [0.2, 0.25) is 0 Å². The number of nitrogens with zero attached hydrogens (tertiary/aromatic N) is 1. The highest BCUT2D eigenvalue weighted by Crippen LogP contribution is 2.14. The van der Waals surface area contributed by atoms with Crippen LogP contribution in [0.15, 0.2) is 60.7 Å². The largest absolute Gasteiger partial charge is 0.480 e. The maximum absolute atomic E-state index is 12.6. The summed E-state index contributed by atoms with van der Waals surface area (Å²) < 4.78 is 10.3. The average molecular weight is 400 g/mol. The molecular weight excluding hydrogens is 376 g/mol. The van der Waals surface area contributed by atoms with Crippen LogP contribution < -0.4 is 5.73 Å². The molecule has 0 aromatic heterocycles. The highest BCUT2D eigenvalue weighted by molar-refractivity contribution is 5.93.